The Morgan fingerprint density at radius 2 is 1.22 bits per heavy atom. The van der Waals surface area contributed by atoms with E-state index < -0.39 is 11.9 Å². The standard InChI is InChI=1S/C11H10BrNO3S.C11H11NO3S.C9H9NO2S/c1-3-16-11(15)8-4-7-5-9(12)17-10(7)13(8)6(2)14;1-3-15-11(14)9-6-8-4-5-16-10(8)12(9)7(2)13;1-2-12-9(11)7-5-6-3-4-13-8(6)10-7/h4-5H,3H2,1-2H3;4-6H,3H2,1-2H3;3-5,10H,2H2,1H3. The highest BCUT2D eigenvalue weighted by Crippen LogP contribution is 2.32. The van der Waals surface area contributed by atoms with Crippen molar-refractivity contribution in [3.8, 4) is 0 Å². The van der Waals surface area contributed by atoms with Crippen LogP contribution in [0.5, 0.6) is 0 Å². The molecule has 0 amide bonds. The number of aromatic nitrogens is 3. The largest absolute Gasteiger partial charge is 0.461 e. The van der Waals surface area contributed by atoms with Gasteiger partial charge in [0.1, 0.15) is 31.6 Å². The van der Waals surface area contributed by atoms with Crippen LogP contribution in [0.15, 0.2) is 50.9 Å². The summed E-state index contributed by atoms with van der Waals surface area (Å²) in [6, 6.07) is 10.9. The summed E-state index contributed by atoms with van der Waals surface area (Å²) in [5.74, 6) is -1.59. The van der Waals surface area contributed by atoms with Crippen LogP contribution in [0.2, 0.25) is 0 Å². The van der Waals surface area contributed by atoms with Crippen LogP contribution in [0.3, 0.4) is 0 Å². The lowest BCUT2D eigenvalue weighted by molar-refractivity contribution is 0.0503. The Hall–Kier alpha value is -4.05. The molecule has 0 fully saturated rings. The summed E-state index contributed by atoms with van der Waals surface area (Å²) in [4.78, 5) is 63.3. The highest BCUT2D eigenvalue weighted by Gasteiger charge is 2.21. The Labute approximate surface area is 283 Å². The third-order valence-electron chi connectivity index (χ3n) is 6.19. The number of H-pyrrole nitrogens is 1. The molecule has 0 aromatic carbocycles. The number of hydrogen-bond donors (Lipinski definition) is 1. The summed E-state index contributed by atoms with van der Waals surface area (Å²) < 4.78 is 18.4. The number of carbonyl (C=O) groups is 5. The molecule has 0 unspecified atom stereocenters. The molecule has 0 bridgehead atoms. The fourth-order valence-corrected chi connectivity index (χ4v) is 7.74. The Balaban J connectivity index is 0.000000158. The van der Waals surface area contributed by atoms with Gasteiger partial charge in [-0.2, -0.15) is 0 Å². The minimum atomic E-state index is -0.470. The topological polar surface area (TPSA) is 139 Å². The first kappa shape index (κ1) is 34.8. The van der Waals surface area contributed by atoms with Gasteiger partial charge in [0, 0.05) is 30.0 Å². The van der Waals surface area contributed by atoms with Crippen molar-refractivity contribution in [2.24, 2.45) is 0 Å². The van der Waals surface area contributed by atoms with Gasteiger partial charge in [-0.05, 0) is 83.9 Å². The average molecular weight is 749 g/mol. The van der Waals surface area contributed by atoms with Gasteiger partial charge in [-0.1, -0.05) is 0 Å². The maximum atomic E-state index is 11.7. The highest BCUT2D eigenvalue weighted by molar-refractivity contribution is 9.11. The van der Waals surface area contributed by atoms with Gasteiger partial charge in [-0.3, -0.25) is 18.7 Å². The van der Waals surface area contributed by atoms with Crippen LogP contribution in [-0.2, 0) is 14.2 Å². The summed E-state index contributed by atoms with van der Waals surface area (Å²) in [6.07, 6.45) is 0. The first-order valence-corrected chi connectivity index (χ1v) is 17.4. The van der Waals surface area contributed by atoms with E-state index in [0.29, 0.717) is 31.2 Å². The molecular formula is C31H30BrN3O8S3. The number of fused-ring (bicyclic) bond motifs is 3. The third kappa shape index (κ3) is 7.66. The lowest BCUT2D eigenvalue weighted by Crippen LogP contribution is -2.15. The number of rotatable bonds is 6. The number of halogens is 1. The van der Waals surface area contributed by atoms with E-state index in [2.05, 4.69) is 20.9 Å². The van der Waals surface area contributed by atoms with E-state index in [-0.39, 0.29) is 23.5 Å². The van der Waals surface area contributed by atoms with Crippen LogP contribution in [0.4, 0.5) is 0 Å². The zero-order valence-corrected chi connectivity index (χ0v) is 29.5. The van der Waals surface area contributed by atoms with Crippen molar-refractivity contribution >= 4 is 110 Å². The predicted octanol–water partition coefficient (Wildman–Crippen LogP) is 8.25. The Bertz CT molecular complexity index is 2010. The second-order valence-electron chi connectivity index (χ2n) is 9.31. The van der Waals surface area contributed by atoms with Gasteiger partial charge in [-0.25, -0.2) is 14.4 Å². The lowest BCUT2D eigenvalue weighted by atomic mass is 10.3. The molecule has 6 aromatic heterocycles. The van der Waals surface area contributed by atoms with Crippen molar-refractivity contribution in [2.75, 3.05) is 19.8 Å². The number of hydrogen-bond acceptors (Lipinski definition) is 11. The summed E-state index contributed by atoms with van der Waals surface area (Å²) in [5.41, 5.74) is 1.12. The second kappa shape index (κ2) is 15.5. The van der Waals surface area contributed by atoms with Gasteiger partial charge in [-0.15, -0.1) is 34.0 Å². The molecular weight excluding hydrogens is 718 g/mol. The van der Waals surface area contributed by atoms with E-state index in [1.54, 1.807) is 44.2 Å². The molecule has 0 atom stereocenters. The summed E-state index contributed by atoms with van der Waals surface area (Å²) in [7, 11) is 0. The van der Waals surface area contributed by atoms with E-state index in [9.17, 15) is 24.0 Å². The normalized spacial score (nSPS) is 10.7. The van der Waals surface area contributed by atoms with Crippen molar-refractivity contribution in [2.45, 2.75) is 34.6 Å². The number of esters is 3. The number of ether oxygens (including phenoxy) is 3. The van der Waals surface area contributed by atoms with Crippen molar-refractivity contribution in [1.82, 2.24) is 14.1 Å². The average Bonchev–Trinajstić information content (AvgIpc) is 3.81. The number of nitrogens with zero attached hydrogens (tertiary/aromatic N) is 2. The molecule has 6 aromatic rings. The number of nitrogens with one attached hydrogen (secondary N) is 1. The van der Waals surface area contributed by atoms with E-state index in [1.165, 1.54) is 45.7 Å². The number of thiophene rings is 3. The van der Waals surface area contributed by atoms with Gasteiger partial charge in [0.2, 0.25) is 11.8 Å². The molecule has 0 radical (unpaired) electrons. The fraction of sp³-hybridized carbons (Fsp3) is 0.258. The Kier molecular flexibility index (Phi) is 11.7. The Morgan fingerprint density at radius 3 is 1.78 bits per heavy atom. The molecule has 0 aliphatic heterocycles. The van der Waals surface area contributed by atoms with Crippen molar-refractivity contribution < 1.29 is 38.2 Å². The van der Waals surface area contributed by atoms with Crippen molar-refractivity contribution in [3.63, 3.8) is 0 Å². The predicted molar refractivity (Wildman–Crippen MR) is 184 cm³/mol. The van der Waals surface area contributed by atoms with Gasteiger partial charge >= 0.3 is 17.9 Å². The quantitative estimate of drug-likeness (QED) is 0.133. The van der Waals surface area contributed by atoms with Gasteiger partial charge in [0.05, 0.1) is 23.6 Å². The molecule has 15 heteroatoms. The second-order valence-corrected chi connectivity index (χ2v) is 13.5. The Morgan fingerprint density at radius 1 is 0.696 bits per heavy atom. The van der Waals surface area contributed by atoms with Crippen molar-refractivity contribution in [1.29, 1.82) is 0 Å². The zero-order chi connectivity index (χ0) is 33.5. The summed E-state index contributed by atoms with van der Waals surface area (Å²) >= 11 is 7.78. The molecule has 6 heterocycles. The molecule has 46 heavy (non-hydrogen) atoms. The first-order valence-electron chi connectivity index (χ1n) is 14.0. The summed E-state index contributed by atoms with van der Waals surface area (Å²) in [5, 5.41) is 6.69. The van der Waals surface area contributed by atoms with Crippen LogP contribution < -0.4 is 0 Å². The van der Waals surface area contributed by atoms with Crippen LogP contribution in [-0.4, -0.2) is 63.7 Å². The van der Waals surface area contributed by atoms with Gasteiger partial charge < -0.3 is 19.2 Å². The minimum Gasteiger partial charge on any atom is -0.461 e. The molecule has 1 N–H and O–H groups in total. The molecule has 0 saturated heterocycles. The van der Waals surface area contributed by atoms with E-state index in [1.807, 2.05) is 35.0 Å². The van der Waals surface area contributed by atoms with E-state index in [4.69, 9.17) is 14.2 Å². The van der Waals surface area contributed by atoms with Crippen LogP contribution in [0.25, 0.3) is 30.6 Å². The zero-order valence-electron chi connectivity index (χ0n) is 25.5. The molecule has 6 rings (SSSR count). The van der Waals surface area contributed by atoms with E-state index >= 15 is 0 Å². The molecule has 0 aliphatic rings. The number of aromatic amines is 1. The molecule has 0 aliphatic carbocycles. The monoisotopic (exact) mass is 747 g/mol. The van der Waals surface area contributed by atoms with Crippen molar-refractivity contribution in [3.05, 3.63) is 68.0 Å². The maximum Gasteiger partial charge on any atom is 0.355 e. The SMILES string of the molecule is CCOC(=O)c1cc2cc(Br)sc2n1C(C)=O.CCOC(=O)c1cc2ccsc2[nH]1.CCOC(=O)c1cc2ccsc2n1C(C)=O. The minimum absolute atomic E-state index is 0.180. The molecule has 11 nitrogen and oxygen atoms in total. The smallest absolute Gasteiger partial charge is 0.355 e. The molecule has 0 spiro atoms. The molecule has 0 saturated carbocycles. The van der Waals surface area contributed by atoms with Gasteiger partial charge in [0.15, 0.2) is 0 Å². The fourth-order valence-electron chi connectivity index (χ4n) is 4.39. The van der Waals surface area contributed by atoms with Crippen LogP contribution in [0.1, 0.15) is 75.7 Å². The van der Waals surface area contributed by atoms with E-state index in [0.717, 1.165) is 34.4 Å². The summed E-state index contributed by atoms with van der Waals surface area (Å²) in [6.45, 7) is 9.13. The lowest BCUT2D eigenvalue weighted by Gasteiger charge is -2.04. The molecule has 242 valence electrons. The number of carbonyl (C=O) groups excluding carboxylic acids is 5. The highest BCUT2D eigenvalue weighted by atomic mass is 79.9. The van der Waals surface area contributed by atoms with Crippen LogP contribution >= 0.6 is 49.9 Å². The third-order valence-corrected chi connectivity index (χ3v) is 9.59. The van der Waals surface area contributed by atoms with Crippen LogP contribution in [0, 0.1) is 0 Å². The first-order chi connectivity index (χ1) is 22.0. The maximum absolute atomic E-state index is 11.7. The van der Waals surface area contributed by atoms with Gasteiger partial charge in [0.25, 0.3) is 0 Å².